The molecule has 3 rings (SSSR count). The van der Waals surface area contributed by atoms with Crippen LogP contribution in [-0.4, -0.2) is 55.0 Å². The van der Waals surface area contributed by atoms with Crippen molar-refractivity contribution in [3.63, 3.8) is 0 Å². The van der Waals surface area contributed by atoms with E-state index in [4.69, 9.17) is 0 Å². The molecule has 1 aromatic carbocycles. The minimum atomic E-state index is -3.00. The molecular formula is C18H25N3O3S. The second-order valence-electron chi connectivity index (χ2n) is 6.50. The summed E-state index contributed by atoms with van der Waals surface area (Å²) in [4.78, 5) is 17.3. The Hall–Kier alpha value is -2.02. The van der Waals surface area contributed by atoms with Gasteiger partial charge in [-0.1, -0.05) is 25.1 Å². The lowest BCUT2D eigenvalue weighted by atomic mass is 10.1. The zero-order chi connectivity index (χ0) is 17.9. The number of carbonyl (C=O) groups is 1. The largest absolute Gasteiger partial charge is 0.358 e. The maximum absolute atomic E-state index is 12.2. The molecular weight excluding hydrogens is 338 g/mol. The molecule has 1 aromatic heterocycles. The summed E-state index contributed by atoms with van der Waals surface area (Å²) >= 11 is 0. The third-order valence-electron chi connectivity index (χ3n) is 4.90. The topological polar surface area (TPSA) is 82.3 Å². The second kappa shape index (κ2) is 7.47. The molecule has 0 saturated carbocycles. The summed E-state index contributed by atoms with van der Waals surface area (Å²) < 4.78 is 23.8. The van der Waals surface area contributed by atoms with Crippen LogP contribution in [0.3, 0.4) is 0 Å². The molecule has 136 valence electrons. The number of piperidine rings is 1. The van der Waals surface area contributed by atoms with Gasteiger partial charge < -0.3 is 15.2 Å². The van der Waals surface area contributed by atoms with Crippen LogP contribution < -0.4 is 5.32 Å². The Balaban J connectivity index is 1.45. The first-order chi connectivity index (χ1) is 12.0. The van der Waals surface area contributed by atoms with Crippen molar-refractivity contribution in [2.75, 3.05) is 25.4 Å². The molecule has 0 spiro atoms. The van der Waals surface area contributed by atoms with E-state index in [2.05, 4.69) is 22.4 Å². The number of hydrogen-bond acceptors (Lipinski definition) is 3. The smallest absolute Gasteiger partial charge is 0.317 e. The third-order valence-corrected chi connectivity index (χ3v) is 7.19. The summed E-state index contributed by atoms with van der Waals surface area (Å²) in [7, 11) is -3.00. The molecule has 1 aliphatic heterocycles. The van der Waals surface area contributed by atoms with E-state index >= 15 is 0 Å². The monoisotopic (exact) mass is 363 g/mol. The lowest BCUT2D eigenvalue weighted by Crippen LogP contribution is -2.47. The number of rotatable bonds is 5. The number of carbonyl (C=O) groups excluding carboxylic acids is 1. The lowest BCUT2D eigenvalue weighted by molar-refractivity contribution is 0.187. The number of fused-ring (bicyclic) bond motifs is 1. The van der Waals surface area contributed by atoms with Crippen LogP contribution in [0.25, 0.3) is 10.9 Å². The van der Waals surface area contributed by atoms with Gasteiger partial charge in [0, 0.05) is 43.0 Å². The fourth-order valence-corrected chi connectivity index (χ4v) is 4.74. The normalized spacial score (nSPS) is 16.3. The zero-order valence-corrected chi connectivity index (χ0v) is 15.3. The first-order valence-electron chi connectivity index (χ1n) is 8.80. The molecule has 0 aliphatic carbocycles. The van der Waals surface area contributed by atoms with Crippen molar-refractivity contribution >= 4 is 26.8 Å². The molecule has 0 unspecified atom stereocenters. The Morgan fingerprint density at radius 1 is 1.28 bits per heavy atom. The van der Waals surface area contributed by atoms with Crippen LogP contribution >= 0.6 is 0 Å². The van der Waals surface area contributed by atoms with Gasteiger partial charge in [0.05, 0.1) is 5.25 Å². The number of likely N-dealkylation sites (tertiary alicyclic amines) is 1. The third kappa shape index (κ3) is 4.15. The number of aromatic nitrogens is 1. The Morgan fingerprint density at radius 2 is 2.00 bits per heavy atom. The van der Waals surface area contributed by atoms with Gasteiger partial charge in [-0.05, 0) is 30.4 Å². The van der Waals surface area contributed by atoms with E-state index < -0.39 is 9.84 Å². The number of urea groups is 1. The van der Waals surface area contributed by atoms with Crippen LogP contribution in [0.4, 0.5) is 4.79 Å². The van der Waals surface area contributed by atoms with Crippen molar-refractivity contribution < 1.29 is 13.2 Å². The van der Waals surface area contributed by atoms with Crippen molar-refractivity contribution in [1.82, 2.24) is 15.2 Å². The average Bonchev–Trinajstić information content (AvgIpc) is 3.04. The van der Waals surface area contributed by atoms with E-state index in [1.165, 1.54) is 5.39 Å². The van der Waals surface area contributed by atoms with Gasteiger partial charge in [-0.2, -0.15) is 0 Å². The van der Waals surface area contributed by atoms with Gasteiger partial charge in [0.2, 0.25) is 0 Å². The van der Waals surface area contributed by atoms with Crippen molar-refractivity contribution in [2.24, 2.45) is 0 Å². The van der Waals surface area contributed by atoms with Gasteiger partial charge in [-0.15, -0.1) is 0 Å². The number of hydrogen-bond donors (Lipinski definition) is 2. The number of sulfone groups is 1. The summed E-state index contributed by atoms with van der Waals surface area (Å²) in [6.07, 6.45) is 1.80. The summed E-state index contributed by atoms with van der Waals surface area (Å²) in [6.45, 7) is 3.24. The molecule has 1 saturated heterocycles. The van der Waals surface area contributed by atoms with Gasteiger partial charge in [-0.25, -0.2) is 13.2 Å². The highest BCUT2D eigenvalue weighted by Crippen LogP contribution is 2.18. The number of aromatic amines is 1. The number of amides is 2. The second-order valence-corrected chi connectivity index (χ2v) is 9.07. The van der Waals surface area contributed by atoms with Crippen LogP contribution in [0.15, 0.2) is 30.3 Å². The average molecular weight is 363 g/mol. The van der Waals surface area contributed by atoms with E-state index in [1.54, 1.807) is 11.8 Å². The van der Waals surface area contributed by atoms with E-state index in [0.29, 0.717) is 32.5 Å². The van der Waals surface area contributed by atoms with Crippen molar-refractivity contribution in [3.05, 3.63) is 36.0 Å². The molecule has 6 nitrogen and oxygen atoms in total. The number of nitrogens with zero attached hydrogens (tertiary/aromatic N) is 1. The number of benzene rings is 1. The Labute approximate surface area is 148 Å². The maximum Gasteiger partial charge on any atom is 0.317 e. The minimum Gasteiger partial charge on any atom is -0.358 e. The Bertz CT molecular complexity index is 803. The highest BCUT2D eigenvalue weighted by Gasteiger charge is 2.30. The highest BCUT2D eigenvalue weighted by atomic mass is 32.2. The number of para-hydroxylation sites is 1. The van der Waals surface area contributed by atoms with Crippen LogP contribution in [0.5, 0.6) is 0 Å². The van der Waals surface area contributed by atoms with Crippen LogP contribution in [0, 0.1) is 0 Å². The molecule has 7 heteroatoms. The fraction of sp³-hybridized carbons (Fsp3) is 0.500. The van der Waals surface area contributed by atoms with Crippen molar-refractivity contribution in [3.8, 4) is 0 Å². The first-order valence-corrected chi connectivity index (χ1v) is 10.5. The van der Waals surface area contributed by atoms with Crippen LogP contribution in [-0.2, 0) is 16.3 Å². The highest BCUT2D eigenvalue weighted by molar-refractivity contribution is 7.92. The predicted molar refractivity (Wildman–Crippen MR) is 99.5 cm³/mol. The zero-order valence-electron chi connectivity index (χ0n) is 14.5. The first kappa shape index (κ1) is 17.8. The van der Waals surface area contributed by atoms with E-state index in [0.717, 1.165) is 17.6 Å². The van der Waals surface area contributed by atoms with E-state index in [-0.39, 0.29) is 17.0 Å². The predicted octanol–water partition coefficient (Wildman–Crippen LogP) is 2.32. The quantitative estimate of drug-likeness (QED) is 0.855. The fourth-order valence-electron chi connectivity index (χ4n) is 3.34. The molecule has 0 radical (unpaired) electrons. The number of nitrogens with one attached hydrogen (secondary N) is 2. The summed E-state index contributed by atoms with van der Waals surface area (Å²) in [5, 5.41) is 3.80. The summed E-state index contributed by atoms with van der Waals surface area (Å²) in [5.74, 6) is 0.175. The molecule has 0 bridgehead atoms. The molecule has 25 heavy (non-hydrogen) atoms. The molecule has 2 amide bonds. The van der Waals surface area contributed by atoms with Gasteiger partial charge >= 0.3 is 6.03 Å². The molecule has 2 heterocycles. The van der Waals surface area contributed by atoms with Crippen LogP contribution in [0.2, 0.25) is 0 Å². The molecule has 1 fully saturated rings. The minimum absolute atomic E-state index is 0.108. The Morgan fingerprint density at radius 3 is 2.68 bits per heavy atom. The molecule has 0 atom stereocenters. The summed E-state index contributed by atoms with van der Waals surface area (Å²) in [5.41, 5.74) is 2.19. The van der Waals surface area contributed by atoms with Gasteiger partial charge in [0.15, 0.2) is 9.84 Å². The van der Waals surface area contributed by atoms with E-state index in [1.807, 2.05) is 18.2 Å². The van der Waals surface area contributed by atoms with Crippen LogP contribution in [0.1, 0.15) is 25.5 Å². The van der Waals surface area contributed by atoms with E-state index in [9.17, 15) is 13.2 Å². The molecule has 2 N–H and O–H groups in total. The maximum atomic E-state index is 12.2. The SMILES string of the molecule is CCS(=O)(=O)C1CCN(C(=O)NCCc2cc3ccccc3[nH]2)CC1. The van der Waals surface area contributed by atoms with Gasteiger partial charge in [0.1, 0.15) is 0 Å². The van der Waals surface area contributed by atoms with Gasteiger partial charge in [0.25, 0.3) is 0 Å². The summed E-state index contributed by atoms with van der Waals surface area (Å²) in [6, 6.07) is 10.1. The van der Waals surface area contributed by atoms with Crippen molar-refractivity contribution in [1.29, 1.82) is 0 Å². The Kier molecular flexibility index (Phi) is 5.32. The standard InChI is InChI=1S/C18H25N3O3S/c1-2-25(23,24)16-8-11-21(12-9-16)18(22)19-10-7-15-13-14-5-3-4-6-17(14)20-15/h3-6,13,16,20H,2,7-12H2,1H3,(H,19,22). The molecule has 2 aromatic rings. The molecule has 1 aliphatic rings. The lowest BCUT2D eigenvalue weighted by Gasteiger charge is -2.31. The van der Waals surface area contributed by atoms with Crippen molar-refractivity contribution in [2.45, 2.75) is 31.4 Å². The number of H-pyrrole nitrogens is 1. The van der Waals surface area contributed by atoms with Gasteiger partial charge in [-0.3, -0.25) is 0 Å².